The standard InChI is InChI=1S/C13H16ClNO3/c1-4-18-13(17)12(16)9-5-6-10(8-15(2)3)11(14)7-9/h5-7H,4,8H2,1-3H3. The van der Waals surface area contributed by atoms with Crippen LogP contribution in [0.15, 0.2) is 18.2 Å². The van der Waals surface area contributed by atoms with E-state index >= 15 is 0 Å². The number of Topliss-reactive ketones (excluding diaryl/α,β-unsaturated/α-hetero) is 1. The van der Waals surface area contributed by atoms with E-state index in [1.54, 1.807) is 19.1 Å². The van der Waals surface area contributed by atoms with Crippen LogP contribution in [0.2, 0.25) is 5.02 Å². The number of carbonyl (C=O) groups excluding carboxylic acids is 2. The molecule has 1 rings (SSSR count). The van der Waals surface area contributed by atoms with Gasteiger partial charge in [-0.2, -0.15) is 0 Å². The van der Waals surface area contributed by atoms with Gasteiger partial charge >= 0.3 is 5.97 Å². The first-order valence-electron chi connectivity index (χ1n) is 5.60. The monoisotopic (exact) mass is 269 g/mol. The summed E-state index contributed by atoms with van der Waals surface area (Å²) in [4.78, 5) is 24.9. The molecule has 0 aliphatic carbocycles. The maximum atomic E-state index is 11.7. The molecule has 0 saturated heterocycles. The second-order valence-electron chi connectivity index (χ2n) is 4.09. The van der Waals surface area contributed by atoms with Crippen LogP contribution < -0.4 is 0 Å². The van der Waals surface area contributed by atoms with Gasteiger partial charge in [0.2, 0.25) is 0 Å². The second kappa shape index (κ2) is 6.52. The highest BCUT2D eigenvalue weighted by molar-refractivity contribution is 6.41. The molecule has 1 aromatic rings. The molecule has 0 heterocycles. The van der Waals surface area contributed by atoms with Crippen LogP contribution in [0, 0.1) is 0 Å². The van der Waals surface area contributed by atoms with E-state index in [0.717, 1.165) is 5.56 Å². The van der Waals surface area contributed by atoms with Crippen molar-refractivity contribution in [1.29, 1.82) is 0 Å². The van der Waals surface area contributed by atoms with Crippen molar-refractivity contribution >= 4 is 23.4 Å². The minimum Gasteiger partial charge on any atom is -0.460 e. The number of carbonyl (C=O) groups is 2. The predicted octanol–water partition coefficient (Wildman–Crippen LogP) is 2.15. The Bertz CT molecular complexity index is 458. The number of halogens is 1. The topological polar surface area (TPSA) is 46.6 Å². The third kappa shape index (κ3) is 3.82. The van der Waals surface area contributed by atoms with E-state index < -0.39 is 11.8 Å². The van der Waals surface area contributed by atoms with Crippen molar-refractivity contribution in [3.8, 4) is 0 Å². The van der Waals surface area contributed by atoms with Gasteiger partial charge < -0.3 is 9.64 Å². The van der Waals surface area contributed by atoms with Crippen LogP contribution in [0.5, 0.6) is 0 Å². The van der Waals surface area contributed by atoms with Crippen LogP contribution in [-0.2, 0) is 16.1 Å². The van der Waals surface area contributed by atoms with Crippen molar-refractivity contribution in [2.45, 2.75) is 13.5 Å². The highest BCUT2D eigenvalue weighted by Gasteiger charge is 2.18. The van der Waals surface area contributed by atoms with E-state index in [4.69, 9.17) is 11.6 Å². The van der Waals surface area contributed by atoms with E-state index in [0.29, 0.717) is 11.6 Å². The third-order valence-corrected chi connectivity index (χ3v) is 2.61. The van der Waals surface area contributed by atoms with E-state index in [9.17, 15) is 9.59 Å². The Morgan fingerprint density at radius 2 is 2.00 bits per heavy atom. The predicted molar refractivity (Wildman–Crippen MR) is 69.8 cm³/mol. The summed E-state index contributed by atoms with van der Waals surface area (Å²) in [6, 6.07) is 4.83. The summed E-state index contributed by atoms with van der Waals surface area (Å²) in [6.45, 7) is 2.50. The molecule has 5 heteroatoms. The molecule has 4 nitrogen and oxygen atoms in total. The van der Waals surface area contributed by atoms with Crippen LogP contribution in [0.25, 0.3) is 0 Å². The largest absolute Gasteiger partial charge is 0.460 e. The van der Waals surface area contributed by atoms with Crippen LogP contribution in [-0.4, -0.2) is 37.4 Å². The Labute approximate surface area is 111 Å². The third-order valence-electron chi connectivity index (χ3n) is 2.26. The van der Waals surface area contributed by atoms with E-state index in [1.807, 2.05) is 19.0 Å². The Morgan fingerprint density at radius 3 is 2.50 bits per heavy atom. The molecule has 0 aliphatic heterocycles. The van der Waals surface area contributed by atoms with Gasteiger partial charge in [-0.25, -0.2) is 4.79 Å². The molecular weight excluding hydrogens is 254 g/mol. The Kier molecular flexibility index (Phi) is 5.31. The first-order chi connectivity index (χ1) is 8.45. The van der Waals surface area contributed by atoms with Crippen LogP contribution in [0.4, 0.5) is 0 Å². The second-order valence-corrected chi connectivity index (χ2v) is 4.50. The zero-order valence-electron chi connectivity index (χ0n) is 10.7. The van der Waals surface area contributed by atoms with E-state index in [1.165, 1.54) is 6.07 Å². The zero-order valence-corrected chi connectivity index (χ0v) is 11.5. The molecule has 0 N–H and O–H groups in total. The molecule has 0 bridgehead atoms. The average Bonchev–Trinajstić information content (AvgIpc) is 2.30. The van der Waals surface area contributed by atoms with Crippen molar-refractivity contribution in [1.82, 2.24) is 4.90 Å². The summed E-state index contributed by atoms with van der Waals surface area (Å²) in [5, 5.41) is 0.471. The van der Waals surface area contributed by atoms with Crippen molar-refractivity contribution in [3.05, 3.63) is 34.3 Å². The van der Waals surface area contributed by atoms with Gasteiger partial charge in [-0.1, -0.05) is 23.7 Å². The SMILES string of the molecule is CCOC(=O)C(=O)c1ccc(CN(C)C)c(Cl)c1. The molecule has 0 aliphatic rings. The van der Waals surface area contributed by atoms with Gasteiger partial charge in [-0.3, -0.25) is 4.79 Å². The molecule has 0 saturated carbocycles. The summed E-state index contributed by atoms with van der Waals surface area (Å²) in [6.07, 6.45) is 0. The van der Waals surface area contributed by atoms with Crippen molar-refractivity contribution in [2.24, 2.45) is 0 Å². The van der Waals surface area contributed by atoms with E-state index in [-0.39, 0.29) is 12.2 Å². The van der Waals surface area contributed by atoms with E-state index in [2.05, 4.69) is 4.74 Å². The van der Waals surface area contributed by atoms with Crippen LogP contribution in [0.1, 0.15) is 22.8 Å². The lowest BCUT2D eigenvalue weighted by molar-refractivity contribution is -0.137. The number of hydrogen-bond acceptors (Lipinski definition) is 4. The number of hydrogen-bond donors (Lipinski definition) is 0. The molecule has 0 spiro atoms. The van der Waals surface area contributed by atoms with Gasteiger partial charge in [-0.15, -0.1) is 0 Å². The molecule has 0 amide bonds. The molecule has 1 aromatic carbocycles. The first kappa shape index (κ1) is 14.7. The Morgan fingerprint density at radius 1 is 1.33 bits per heavy atom. The highest BCUT2D eigenvalue weighted by atomic mass is 35.5. The van der Waals surface area contributed by atoms with Gasteiger partial charge in [0.15, 0.2) is 0 Å². The fourth-order valence-corrected chi connectivity index (χ4v) is 1.71. The molecular formula is C13H16ClNO3. The maximum absolute atomic E-state index is 11.7. The van der Waals surface area contributed by atoms with Crippen molar-refractivity contribution < 1.29 is 14.3 Å². The molecule has 98 valence electrons. The van der Waals surface area contributed by atoms with Crippen LogP contribution in [0.3, 0.4) is 0 Å². The number of benzene rings is 1. The van der Waals surface area contributed by atoms with Crippen molar-refractivity contribution in [2.75, 3.05) is 20.7 Å². The minimum atomic E-state index is -0.853. The van der Waals surface area contributed by atoms with Crippen LogP contribution >= 0.6 is 11.6 Å². The number of ether oxygens (including phenoxy) is 1. The van der Waals surface area contributed by atoms with Gasteiger partial charge in [0.1, 0.15) is 0 Å². The average molecular weight is 270 g/mol. The maximum Gasteiger partial charge on any atom is 0.379 e. The van der Waals surface area contributed by atoms with Crippen molar-refractivity contribution in [3.63, 3.8) is 0 Å². The molecule has 0 atom stereocenters. The lowest BCUT2D eigenvalue weighted by atomic mass is 10.1. The van der Waals surface area contributed by atoms with Gasteiger partial charge in [-0.05, 0) is 32.6 Å². The normalized spacial score (nSPS) is 10.5. The first-order valence-corrected chi connectivity index (χ1v) is 5.98. The van der Waals surface area contributed by atoms with Gasteiger partial charge in [0.05, 0.1) is 6.61 Å². The number of esters is 1. The summed E-state index contributed by atoms with van der Waals surface area (Å²) in [5.41, 5.74) is 1.16. The summed E-state index contributed by atoms with van der Waals surface area (Å²) >= 11 is 6.07. The smallest absolute Gasteiger partial charge is 0.379 e. The molecule has 0 unspecified atom stereocenters. The Balaban J connectivity index is 2.90. The van der Waals surface area contributed by atoms with Gasteiger partial charge in [0, 0.05) is 17.1 Å². The highest BCUT2D eigenvalue weighted by Crippen LogP contribution is 2.19. The quantitative estimate of drug-likeness (QED) is 0.467. The minimum absolute atomic E-state index is 0.178. The lowest BCUT2D eigenvalue weighted by Crippen LogP contribution is -2.18. The Hall–Kier alpha value is -1.39. The zero-order chi connectivity index (χ0) is 13.7. The van der Waals surface area contributed by atoms with Gasteiger partial charge in [0.25, 0.3) is 5.78 Å². The molecule has 18 heavy (non-hydrogen) atoms. The molecule has 0 radical (unpaired) electrons. The summed E-state index contributed by atoms with van der Waals surface area (Å²) in [7, 11) is 3.85. The summed E-state index contributed by atoms with van der Waals surface area (Å²) in [5.74, 6) is -1.52. The fraction of sp³-hybridized carbons (Fsp3) is 0.385. The number of nitrogens with zero attached hydrogens (tertiary/aromatic N) is 1. The fourth-order valence-electron chi connectivity index (χ4n) is 1.47. The number of ketones is 1. The number of rotatable bonds is 5. The molecule has 0 fully saturated rings. The summed E-state index contributed by atoms with van der Waals surface area (Å²) < 4.78 is 4.65. The molecule has 0 aromatic heterocycles. The lowest BCUT2D eigenvalue weighted by Gasteiger charge is -2.11.